The standard InChI is InChI=1S/C28H29N3O3/c1-18-12-14-22(15-13-18)31(28(34)23-16-17-24(32)29-23)26(21-10-5-4-6-11-21)27(33)30-25-19(2)8-7-9-20(25)3/h4-15,23,26H,16-17H2,1-3H3,(H,29,32)(H,30,33)/t23-,26-/m0/s1. The summed E-state index contributed by atoms with van der Waals surface area (Å²) in [5.74, 6) is -0.777. The van der Waals surface area contributed by atoms with E-state index in [1.807, 2.05) is 93.6 Å². The topological polar surface area (TPSA) is 78.5 Å². The van der Waals surface area contributed by atoms with E-state index in [1.54, 1.807) is 0 Å². The lowest BCUT2D eigenvalue weighted by molar-refractivity contribution is -0.126. The number of aryl methyl sites for hydroxylation is 3. The third-order valence-corrected chi connectivity index (χ3v) is 6.19. The van der Waals surface area contributed by atoms with Crippen LogP contribution in [0.2, 0.25) is 0 Å². The fourth-order valence-corrected chi connectivity index (χ4v) is 4.33. The zero-order chi connectivity index (χ0) is 24.2. The van der Waals surface area contributed by atoms with Gasteiger partial charge in [-0.15, -0.1) is 0 Å². The molecule has 0 spiro atoms. The highest BCUT2D eigenvalue weighted by Gasteiger charge is 2.38. The molecule has 1 saturated heterocycles. The van der Waals surface area contributed by atoms with Gasteiger partial charge in [-0.2, -0.15) is 0 Å². The highest BCUT2D eigenvalue weighted by molar-refractivity contribution is 6.08. The molecule has 34 heavy (non-hydrogen) atoms. The normalized spacial score (nSPS) is 16.0. The molecule has 1 aliphatic heterocycles. The molecule has 0 aromatic heterocycles. The molecular weight excluding hydrogens is 426 g/mol. The van der Waals surface area contributed by atoms with Gasteiger partial charge in [-0.3, -0.25) is 19.3 Å². The third-order valence-electron chi connectivity index (χ3n) is 6.19. The van der Waals surface area contributed by atoms with Crippen molar-refractivity contribution in [3.63, 3.8) is 0 Å². The van der Waals surface area contributed by atoms with E-state index >= 15 is 0 Å². The van der Waals surface area contributed by atoms with E-state index in [0.717, 1.165) is 22.4 Å². The average molecular weight is 456 g/mol. The number of anilines is 2. The Bertz CT molecular complexity index is 1190. The molecule has 0 aliphatic carbocycles. The number of nitrogens with zero attached hydrogens (tertiary/aromatic N) is 1. The van der Waals surface area contributed by atoms with Gasteiger partial charge in [-0.1, -0.05) is 66.2 Å². The predicted molar refractivity (Wildman–Crippen MR) is 134 cm³/mol. The maximum Gasteiger partial charge on any atom is 0.252 e. The second-order valence-corrected chi connectivity index (χ2v) is 8.77. The second-order valence-electron chi connectivity index (χ2n) is 8.77. The predicted octanol–water partition coefficient (Wildman–Crippen LogP) is 4.60. The molecule has 0 radical (unpaired) electrons. The molecule has 4 rings (SSSR count). The number of benzene rings is 3. The average Bonchev–Trinajstić information content (AvgIpc) is 3.27. The Kier molecular flexibility index (Phi) is 6.77. The summed E-state index contributed by atoms with van der Waals surface area (Å²) in [4.78, 5) is 41.1. The van der Waals surface area contributed by atoms with Crippen molar-refractivity contribution in [1.82, 2.24) is 5.32 Å². The van der Waals surface area contributed by atoms with Gasteiger partial charge >= 0.3 is 0 Å². The lowest BCUT2D eigenvalue weighted by Crippen LogP contribution is -2.49. The van der Waals surface area contributed by atoms with Crippen molar-refractivity contribution in [2.24, 2.45) is 0 Å². The first-order valence-corrected chi connectivity index (χ1v) is 11.5. The number of carbonyl (C=O) groups is 3. The minimum Gasteiger partial charge on any atom is -0.344 e. The van der Waals surface area contributed by atoms with Gasteiger partial charge in [0, 0.05) is 17.8 Å². The highest BCUT2D eigenvalue weighted by Crippen LogP contribution is 2.32. The van der Waals surface area contributed by atoms with Crippen molar-refractivity contribution in [3.05, 3.63) is 95.1 Å². The summed E-state index contributed by atoms with van der Waals surface area (Å²) in [6.45, 7) is 5.85. The first kappa shape index (κ1) is 23.2. The number of rotatable bonds is 6. The van der Waals surface area contributed by atoms with Crippen LogP contribution in [0.5, 0.6) is 0 Å². The van der Waals surface area contributed by atoms with Crippen LogP contribution in [-0.4, -0.2) is 23.8 Å². The van der Waals surface area contributed by atoms with Crippen molar-refractivity contribution in [2.75, 3.05) is 10.2 Å². The first-order valence-electron chi connectivity index (χ1n) is 11.5. The number of nitrogens with one attached hydrogen (secondary N) is 2. The summed E-state index contributed by atoms with van der Waals surface area (Å²) in [6, 6.07) is 21.0. The molecule has 0 saturated carbocycles. The summed E-state index contributed by atoms with van der Waals surface area (Å²) in [7, 11) is 0. The van der Waals surface area contributed by atoms with Gasteiger partial charge in [-0.05, 0) is 56.0 Å². The Morgan fingerprint density at radius 1 is 0.912 bits per heavy atom. The number of hydrogen-bond donors (Lipinski definition) is 2. The second kappa shape index (κ2) is 9.91. The Morgan fingerprint density at radius 2 is 1.56 bits per heavy atom. The summed E-state index contributed by atoms with van der Waals surface area (Å²) in [5.41, 5.74) is 4.94. The minimum atomic E-state index is -0.923. The van der Waals surface area contributed by atoms with E-state index in [4.69, 9.17) is 0 Å². The molecule has 174 valence electrons. The maximum absolute atomic E-state index is 13.9. The van der Waals surface area contributed by atoms with Gasteiger partial charge in [0.25, 0.3) is 11.8 Å². The molecular formula is C28H29N3O3. The van der Waals surface area contributed by atoms with Crippen LogP contribution < -0.4 is 15.5 Å². The van der Waals surface area contributed by atoms with Crippen LogP contribution in [0.4, 0.5) is 11.4 Å². The van der Waals surface area contributed by atoms with E-state index in [0.29, 0.717) is 24.1 Å². The molecule has 1 fully saturated rings. The van der Waals surface area contributed by atoms with Crippen LogP contribution in [-0.2, 0) is 14.4 Å². The summed E-state index contributed by atoms with van der Waals surface area (Å²) >= 11 is 0. The molecule has 2 atom stereocenters. The van der Waals surface area contributed by atoms with Crippen molar-refractivity contribution in [1.29, 1.82) is 0 Å². The van der Waals surface area contributed by atoms with Crippen LogP contribution in [0.3, 0.4) is 0 Å². The summed E-state index contributed by atoms with van der Waals surface area (Å²) in [6.07, 6.45) is 0.697. The molecule has 6 nitrogen and oxygen atoms in total. The van der Waals surface area contributed by atoms with Crippen LogP contribution in [0.15, 0.2) is 72.8 Å². The largest absolute Gasteiger partial charge is 0.344 e. The maximum atomic E-state index is 13.9. The van der Waals surface area contributed by atoms with Gasteiger partial charge in [0.1, 0.15) is 12.1 Å². The van der Waals surface area contributed by atoms with Crippen molar-refractivity contribution >= 4 is 29.1 Å². The number of para-hydroxylation sites is 1. The monoisotopic (exact) mass is 455 g/mol. The zero-order valence-electron chi connectivity index (χ0n) is 19.7. The number of amides is 3. The van der Waals surface area contributed by atoms with E-state index in [2.05, 4.69) is 10.6 Å². The smallest absolute Gasteiger partial charge is 0.252 e. The highest BCUT2D eigenvalue weighted by atomic mass is 16.2. The van der Waals surface area contributed by atoms with E-state index in [-0.39, 0.29) is 17.7 Å². The van der Waals surface area contributed by atoms with E-state index < -0.39 is 12.1 Å². The Morgan fingerprint density at radius 3 is 2.15 bits per heavy atom. The number of hydrogen-bond acceptors (Lipinski definition) is 3. The van der Waals surface area contributed by atoms with E-state index in [1.165, 1.54) is 4.90 Å². The van der Waals surface area contributed by atoms with Crippen LogP contribution in [0.1, 0.15) is 41.1 Å². The summed E-state index contributed by atoms with van der Waals surface area (Å²) in [5, 5.41) is 5.84. The molecule has 0 unspecified atom stereocenters. The van der Waals surface area contributed by atoms with Crippen molar-refractivity contribution < 1.29 is 14.4 Å². The van der Waals surface area contributed by atoms with Crippen LogP contribution >= 0.6 is 0 Å². The molecule has 1 heterocycles. The Balaban J connectivity index is 1.81. The molecule has 3 aromatic carbocycles. The SMILES string of the molecule is Cc1ccc(N(C(=O)[C@@H]2CCC(=O)N2)[C@H](C(=O)Nc2c(C)cccc2C)c2ccccc2)cc1. The van der Waals surface area contributed by atoms with Crippen molar-refractivity contribution in [2.45, 2.75) is 45.7 Å². The van der Waals surface area contributed by atoms with Crippen molar-refractivity contribution in [3.8, 4) is 0 Å². The van der Waals surface area contributed by atoms with E-state index in [9.17, 15) is 14.4 Å². The Hall–Kier alpha value is -3.93. The fourth-order valence-electron chi connectivity index (χ4n) is 4.33. The molecule has 2 N–H and O–H groups in total. The van der Waals surface area contributed by atoms with Gasteiger partial charge in [0.15, 0.2) is 0 Å². The number of carbonyl (C=O) groups excluding carboxylic acids is 3. The molecule has 0 bridgehead atoms. The van der Waals surface area contributed by atoms with Gasteiger partial charge in [-0.25, -0.2) is 0 Å². The lowest BCUT2D eigenvalue weighted by atomic mass is 10.0. The fraction of sp³-hybridized carbons (Fsp3) is 0.250. The van der Waals surface area contributed by atoms with Gasteiger partial charge in [0.05, 0.1) is 0 Å². The zero-order valence-corrected chi connectivity index (χ0v) is 19.7. The minimum absolute atomic E-state index is 0.154. The molecule has 3 aromatic rings. The van der Waals surface area contributed by atoms with Gasteiger partial charge in [0.2, 0.25) is 5.91 Å². The Labute approximate surface area is 200 Å². The molecule has 6 heteroatoms. The first-order chi connectivity index (χ1) is 16.3. The van der Waals surface area contributed by atoms with Crippen LogP contribution in [0.25, 0.3) is 0 Å². The van der Waals surface area contributed by atoms with Crippen LogP contribution in [0, 0.1) is 20.8 Å². The quantitative estimate of drug-likeness (QED) is 0.570. The van der Waals surface area contributed by atoms with Gasteiger partial charge < -0.3 is 10.6 Å². The lowest BCUT2D eigenvalue weighted by Gasteiger charge is -2.33. The molecule has 3 amide bonds. The summed E-state index contributed by atoms with van der Waals surface area (Å²) < 4.78 is 0. The third kappa shape index (κ3) is 4.86. The molecule has 1 aliphatic rings.